The van der Waals surface area contributed by atoms with Crippen molar-refractivity contribution in [2.24, 2.45) is 0 Å². The first-order chi connectivity index (χ1) is 40.8. The van der Waals surface area contributed by atoms with Crippen molar-refractivity contribution in [2.45, 2.75) is 378 Å². The fourth-order valence-electron chi connectivity index (χ4n) is 11.2. The molecule has 6 N–H and O–H groups in total. The van der Waals surface area contributed by atoms with Crippen LogP contribution >= 0.6 is 0 Å². The number of aliphatic hydroxyl groups is 5. The summed E-state index contributed by atoms with van der Waals surface area (Å²) in [7, 11) is 0. The molecule has 7 unspecified atom stereocenters. The second-order valence-electron chi connectivity index (χ2n) is 24.7. The fraction of sp³-hybridized carbons (Fsp3) is 0.824. The Balaban J connectivity index is 2.13. The highest BCUT2D eigenvalue weighted by atomic mass is 16.7. The van der Waals surface area contributed by atoms with Crippen LogP contribution in [0.15, 0.2) is 72.9 Å². The van der Waals surface area contributed by atoms with Crippen LogP contribution in [0.3, 0.4) is 0 Å². The molecule has 0 spiro atoms. The van der Waals surface area contributed by atoms with Gasteiger partial charge in [-0.05, 0) is 64.2 Å². The Hall–Kier alpha value is -2.37. The highest BCUT2D eigenvalue weighted by molar-refractivity contribution is 5.76. The lowest BCUT2D eigenvalue weighted by Crippen LogP contribution is -2.60. The van der Waals surface area contributed by atoms with Gasteiger partial charge in [0.1, 0.15) is 24.4 Å². The van der Waals surface area contributed by atoms with Crippen LogP contribution in [0.4, 0.5) is 0 Å². The molecule has 0 radical (unpaired) electrons. The van der Waals surface area contributed by atoms with E-state index in [2.05, 4.69) is 79.9 Å². The van der Waals surface area contributed by atoms with Crippen molar-refractivity contribution in [3.05, 3.63) is 72.9 Å². The minimum absolute atomic E-state index is 0.174. The maximum atomic E-state index is 13.1. The molecular formula is C74H135NO8. The number of carbonyl (C=O) groups is 1. The summed E-state index contributed by atoms with van der Waals surface area (Å²) in [4.78, 5) is 13.1. The van der Waals surface area contributed by atoms with Gasteiger partial charge in [-0.3, -0.25) is 4.79 Å². The Bertz CT molecular complexity index is 1540. The average Bonchev–Trinajstić information content (AvgIpc) is 3.61. The molecule has 0 bridgehead atoms. The van der Waals surface area contributed by atoms with Crippen molar-refractivity contribution in [3.8, 4) is 0 Å². The minimum Gasteiger partial charge on any atom is -0.394 e. The molecule has 1 saturated heterocycles. The molecule has 0 aliphatic carbocycles. The largest absolute Gasteiger partial charge is 0.394 e. The third-order valence-electron chi connectivity index (χ3n) is 16.8. The first kappa shape index (κ1) is 78.6. The number of carbonyl (C=O) groups excluding carboxylic acids is 1. The number of hydrogen-bond donors (Lipinski definition) is 6. The van der Waals surface area contributed by atoms with Gasteiger partial charge in [-0.25, -0.2) is 0 Å². The molecule has 1 heterocycles. The van der Waals surface area contributed by atoms with E-state index < -0.39 is 49.5 Å². The third kappa shape index (κ3) is 51.4. The third-order valence-corrected chi connectivity index (χ3v) is 16.8. The van der Waals surface area contributed by atoms with E-state index in [1.54, 1.807) is 6.08 Å². The lowest BCUT2D eigenvalue weighted by Gasteiger charge is -2.40. The van der Waals surface area contributed by atoms with Crippen molar-refractivity contribution >= 4 is 5.91 Å². The molecule has 7 atom stereocenters. The summed E-state index contributed by atoms with van der Waals surface area (Å²) in [6.45, 7) is 3.71. The molecule has 0 saturated carbocycles. The van der Waals surface area contributed by atoms with Gasteiger partial charge in [-0.1, -0.05) is 337 Å². The maximum Gasteiger partial charge on any atom is 0.220 e. The van der Waals surface area contributed by atoms with Gasteiger partial charge < -0.3 is 40.3 Å². The van der Waals surface area contributed by atoms with Gasteiger partial charge in [0.25, 0.3) is 0 Å². The predicted octanol–water partition coefficient (Wildman–Crippen LogP) is 19.5. The van der Waals surface area contributed by atoms with E-state index in [-0.39, 0.29) is 12.5 Å². The van der Waals surface area contributed by atoms with E-state index in [0.29, 0.717) is 6.42 Å². The molecule has 1 amide bonds. The lowest BCUT2D eigenvalue weighted by molar-refractivity contribution is -0.302. The zero-order chi connectivity index (χ0) is 60.0. The summed E-state index contributed by atoms with van der Waals surface area (Å²) < 4.78 is 11.3. The highest BCUT2D eigenvalue weighted by Crippen LogP contribution is 2.23. The van der Waals surface area contributed by atoms with Crippen LogP contribution < -0.4 is 5.32 Å². The molecule has 0 aromatic rings. The van der Waals surface area contributed by atoms with E-state index in [1.807, 2.05) is 6.08 Å². The molecular weight excluding hydrogens is 1030 g/mol. The zero-order valence-corrected chi connectivity index (χ0v) is 54.2. The van der Waals surface area contributed by atoms with Gasteiger partial charge in [0.05, 0.1) is 25.4 Å². The van der Waals surface area contributed by atoms with Gasteiger partial charge in [0.15, 0.2) is 6.29 Å². The van der Waals surface area contributed by atoms with Crippen LogP contribution in [0.5, 0.6) is 0 Å². The van der Waals surface area contributed by atoms with E-state index in [0.717, 1.165) is 70.6 Å². The summed E-state index contributed by atoms with van der Waals surface area (Å²) in [6.07, 6.45) is 81.5. The van der Waals surface area contributed by atoms with E-state index in [1.165, 1.54) is 244 Å². The Labute approximate surface area is 512 Å². The Morgan fingerprint density at radius 2 is 0.747 bits per heavy atom. The number of hydrogen-bond acceptors (Lipinski definition) is 8. The molecule has 0 aromatic carbocycles. The van der Waals surface area contributed by atoms with Gasteiger partial charge in [-0.2, -0.15) is 0 Å². The average molecular weight is 1170 g/mol. The van der Waals surface area contributed by atoms with Crippen LogP contribution in [0.1, 0.15) is 335 Å². The molecule has 1 fully saturated rings. The minimum atomic E-state index is -1.57. The Morgan fingerprint density at radius 3 is 1.11 bits per heavy atom. The molecule has 1 rings (SSSR count). The quantitative estimate of drug-likeness (QED) is 0.0261. The summed E-state index contributed by atoms with van der Waals surface area (Å²) in [5, 5.41) is 54.8. The normalized spacial score (nSPS) is 18.7. The summed E-state index contributed by atoms with van der Waals surface area (Å²) in [6, 6.07) is -0.810. The molecule has 1 aliphatic heterocycles. The number of rotatable bonds is 62. The first-order valence-corrected chi connectivity index (χ1v) is 35.7. The molecule has 9 nitrogen and oxygen atoms in total. The topological polar surface area (TPSA) is 149 Å². The second-order valence-corrected chi connectivity index (χ2v) is 24.7. The zero-order valence-electron chi connectivity index (χ0n) is 54.2. The van der Waals surface area contributed by atoms with Gasteiger partial charge in [0, 0.05) is 6.42 Å². The Kier molecular flexibility index (Phi) is 59.4. The highest BCUT2D eigenvalue weighted by Gasteiger charge is 2.44. The van der Waals surface area contributed by atoms with E-state index >= 15 is 0 Å². The Morgan fingerprint density at radius 1 is 0.422 bits per heavy atom. The number of nitrogens with one attached hydrogen (secondary N) is 1. The second kappa shape index (κ2) is 62.7. The summed E-state index contributed by atoms with van der Waals surface area (Å²) in [5.74, 6) is -0.174. The van der Waals surface area contributed by atoms with Crippen LogP contribution in [0.2, 0.25) is 0 Å². The molecule has 1 aliphatic rings. The van der Waals surface area contributed by atoms with Crippen molar-refractivity contribution in [3.63, 3.8) is 0 Å². The van der Waals surface area contributed by atoms with Crippen molar-refractivity contribution in [1.29, 1.82) is 0 Å². The maximum absolute atomic E-state index is 13.1. The number of aliphatic hydroxyl groups excluding tert-OH is 5. The standard InChI is InChI=1S/C74H135NO8/c1-3-5-7-9-11-13-15-17-19-21-23-25-27-29-31-33-34-36-38-40-42-44-46-48-50-52-54-56-58-60-62-64-70(78)75-67(66-82-74-73(81)72(80)71(79)69(65-76)83-74)68(77)63-61-59-57-55-53-51-49-47-45-43-41-39-37-35-32-30-28-26-24-22-20-18-16-14-12-10-8-6-4-2/h5,7,11,13,17,19,23,25,29,31,61,63,67-69,71-74,76-77,79-81H,3-4,6,8-10,12,14-16,18,20-22,24,26-28,30,32-60,62,64-66H2,1-2H3,(H,75,78)/b7-5-,13-11-,19-17-,25-23-,31-29-,63-61+. The van der Waals surface area contributed by atoms with Crippen LogP contribution in [0.25, 0.3) is 0 Å². The number of ether oxygens (including phenoxy) is 2. The monoisotopic (exact) mass is 1170 g/mol. The van der Waals surface area contributed by atoms with Crippen LogP contribution in [-0.4, -0.2) is 87.5 Å². The summed E-state index contributed by atoms with van der Waals surface area (Å²) in [5.41, 5.74) is 0. The van der Waals surface area contributed by atoms with Gasteiger partial charge >= 0.3 is 0 Å². The predicted molar refractivity (Wildman–Crippen MR) is 355 cm³/mol. The van der Waals surface area contributed by atoms with E-state index in [4.69, 9.17) is 9.47 Å². The first-order valence-electron chi connectivity index (χ1n) is 35.7. The van der Waals surface area contributed by atoms with Gasteiger partial charge in [-0.15, -0.1) is 0 Å². The van der Waals surface area contributed by atoms with Gasteiger partial charge in [0.2, 0.25) is 5.91 Å². The number of allylic oxidation sites excluding steroid dienone is 11. The number of amides is 1. The smallest absolute Gasteiger partial charge is 0.220 e. The molecule has 484 valence electrons. The fourth-order valence-corrected chi connectivity index (χ4v) is 11.2. The van der Waals surface area contributed by atoms with Crippen LogP contribution in [0, 0.1) is 0 Å². The molecule has 9 heteroatoms. The molecule has 0 aromatic heterocycles. The number of unbranched alkanes of at least 4 members (excludes halogenated alkanes) is 42. The lowest BCUT2D eigenvalue weighted by atomic mass is 9.99. The van der Waals surface area contributed by atoms with Crippen molar-refractivity contribution in [2.75, 3.05) is 13.2 Å². The summed E-state index contributed by atoms with van der Waals surface area (Å²) >= 11 is 0. The molecule has 83 heavy (non-hydrogen) atoms. The van der Waals surface area contributed by atoms with Crippen molar-refractivity contribution in [1.82, 2.24) is 5.32 Å². The SMILES string of the molecule is CC/C=C\C/C=C\C/C=C\C/C=C\C/C=C\CCCCCCCCCCCCCCCCCC(=O)NC(COC1OC(CO)C(O)C(O)C1O)C(O)/C=C/CCCCCCCCCCCCCCCCCCCCCCCCCCCCC. The van der Waals surface area contributed by atoms with Crippen molar-refractivity contribution < 1.29 is 39.8 Å². The van der Waals surface area contributed by atoms with E-state index in [9.17, 15) is 30.3 Å². The van der Waals surface area contributed by atoms with Crippen LogP contribution in [-0.2, 0) is 14.3 Å².